The lowest BCUT2D eigenvalue weighted by Crippen LogP contribution is -2.21. The van der Waals surface area contributed by atoms with Crippen molar-refractivity contribution in [2.24, 2.45) is 0 Å². The van der Waals surface area contributed by atoms with Crippen LogP contribution in [-0.2, 0) is 13.1 Å². The number of para-hydroxylation sites is 1. The van der Waals surface area contributed by atoms with Crippen molar-refractivity contribution in [1.82, 2.24) is 14.9 Å². The number of halogens is 2. The Labute approximate surface area is 143 Å². The van der Waals surface area contributed by atoms with E-state index in [9.17, 15) is 4.79 Å². The summed E-state index contributed by atoms with van der Waals surface area (Å²) in [6.45, 7) is 1.20. The van der Waals surface area contributed by atoms with Gasteiger partial charge >= 0.3 is 0 Å². The van der Waals surface area contributed by atoms with E-state index in [4.69, 9.17) is 23.2 Å². The Morgan fingerprint density at radius 2 is 1.87 bits per heavy atom. The molecule has 0 spiro atoms. The van der Waals surface area contributed by atoms with Crippen LogP contribution < -0.4 is 5.56 Å². The average molecular weight is 348 g/mol. The van der Waals surface area contributed by atoms with Crippen molar-refractivity contribution in [3.05, 3.63) is 74.3 Å². The van der Waals surface area contributed by atoms with E-state index in [1.807, 2.05) is 42.3 Å². The summed E-state index contributed by atoms with van der Waals surface area (Å²) in [5, 5.41) is 1.68. The van der Waals surface area contributed by atoms with Crippen LogP contribution in [-0.4, -0.2) is 21.9 Å². The predicted molar refractivity (Wildman–Crippen MR) is 94.0 cm³/mol. The van der Waals surface area contributed by atoms with E-state index < -0.39 is 0 Å². The van der Waals surface area contributed by atoms with Gasteiger partial charge in [-0.25, -0.2) is 4.98 Å². The van der Waals surface area contributed by atoms with Crippen LogP contribution in [0.2, 0.25) is 10.0 Å². The molecular weight excluding hydrogens is 333 g/mol. The van der Waals surface area contributed by atoms with Crippen molar-refractivity contribution in [3.8, 4) is 0 Å². The van der Waals surface area contributed by atoms with Crippen LogP contribution in [0.3, 0.4) is 0 Å². The second kappa shape index (κ2) is 6.71. The largest absolute Gasteiger partial charge is 0.309 e. The zero-order valence-electron chi connectivity index (χ0n) is 12.5. The molecule has 6 heteroatoms. The summed E-state index contributed by atoms with van der Waals surface area (Å²) in [6, 6.07) is 12.9. The smallest absolute Gasteiger partial charge is 0.258 e. The van der Waals surface area contributed by atoms with Crippen molar-refractivity contribution in [2.45, 2.75) is 13.1 Å². The Hall–Kier alpha value is -1.88. The molecule has 0 saturated heterocycles. The topological polar surface area (TPSA) is 49.0 Å². The molecule has 0 aliphatic heterocycles. The number of nitrogens with zero attached hydrogens (tertiary/aromatic N) is 2. The molecule has 0 aliphatic rings. The van der Waals surface area contributed by atoms with Crippen molar-refractivity contribution in [3.63, 3.8) is 0 Å². The molecular formula is C17H15Cl2N3O. The van der Waals surface area contributed by atoms with Gasteiger partial charge in [0.05, 0.1) is 27.5 Å². The molecule has 118 valence electrons. The molecule has 0 aliphatic carbocycles. The maximum Gasteiger partial charge on any atom is 0.258 e. The van der Waals surface area contributed by atoms with Crippen LogP contribution in [0, 0.1) is 0 Å². The first kappa shape index (κ1) is 16.0. The van der Waals surface area contributed by atoms with Crippen LogP contribution in [0.5, 0.6) is 0 Å². The average Bonchev–Trinajstić information content (AvgIpc) is 2.51. The lowest BCUT2D eigenvalue weighted by Gasteiger charge is -2.16. The molecule has 0 amide bonds. The van der Waals surface area contributed by atoms with E-state index >= 15 is 0 Å². The van der Waals surface area contributed by atoms with Crippen molar-refractivity contribution >= 4 is 34.1 Å². The highest BCUT2D eigenvalue weighted by Gasteiger charge is 2.08. The lowest BCUT2D eigenvalue weighted by molar-refractivity contribution is 0.311. The van der Waals surface area contributed by atoms with Gasteiger partial charge in [0.1, 0.15) is 5.82 Å². The Kier molecular flexibility index (Phi) is 4.66. The van der Waals surface area contributed by atoms with Gasteiger partial charge in [0, 0.05) is 6.54 Å². The van der Waals surface area contributed by atoms with Crippen LogP contribution in [0.15, 0.2) is 47.3 Å². The van der Waals surface area contributed by atoms with Crippen molar-refractivity contribution in [1.29, 1.82) is 0 Å². The lowest BCUT2D eigenvalue weighted by atomic mass is 10.2. The quantitative estimate of drug-likeness (QED) is 0.779. The molecule has 23 heavy (non-hydrogen) atoms. The maximum absolute atomic E-state index is 12.1. The van der Waals surface area contributed by atoms with Gasteiger partial charge < -0.3 is 4.98 Å². The minimum Gasteiger partial charge on any atom is -0.309 e. The standard InChI is InChI=1S/C17H15Cl2N3O/c1-22(9-11-6-7-13(18)14(19)8-11)10-16-20-15-5-3-2-4-12(15)17(23)21-16/h2-8H,9-10H2,1H3,(H,20,21,23). The van der Waals surface area contributed by atoms with Crippen LogP contribution >= 0.6 is 23.2 Å². The number of H-pyrrole nitrogens is 1. The molecule has 2 aromatic carbocycles. The zero-order chi connectivity index (χ0) is 16.4. The second-order valence-electron chi connectivity index (χ2n) is 5.45. The summed E-state index contributed by atoms with van der Waals surface area (Å²) >= 11 is 12.0. The molecule has 0 atom stereocenters. The molecule has 1 aromatic heterocycles. The van der Waals surface area contributed by atoms with Gasteiger partial charge in [-0.05, 0) is 36.9 Å². The molecule has 0 bridgehead atoms. The molecule has 3 aromatic rings. The fourth-order valence-electron chi connectivity index (χ4n) is 2.47. The number of aromatic nitrogens is 2. The first-order chi connectivity index (χ1) is 11.0. The van der Waals surface area contributed by atoms with Crippen molar-refractivity contribution < 1.29 is 0 Å². The normalized spacial score (nSPS) is 11.3. The molecule has 0 radical (unpaired) electrons. The van der Waals surface area contributed by atoms with Gasteiger partial charge in [0.15, 0.2) is 0 Å². The minimum absolute atomic E-state index is 0.117. The van der Waals surface area contributed by atoms with E-state index in [2.05, 4.69) is 9.97 Å². The maximum atomic E-state index is 12.1. The highest BCUT2D eigenvalue weighted by Crippen LogP contribution is 2.23. The van der Waals surface area contributed by atoms with Gasteiger partial charge in [-0.3, -0.25) is 9.69 Å². The van der Waals surface area contributed by atoms with Gasteiger partial charge in [-0.15, -0.1) is 0 Å². The molecule has 0 unspecified atom stereocenters. The number of fused-ring (bicyclic) bond motifs is 1. The van der Waals surface area contributed by atoms with E-state index in [-0.39, 0.29) is 5.56 Å². The third kappa shape index (κ3) is 3.72. The Morgan fingerprint density at radius 3 is 2.65 bits per heavy atom. The Morgan fingerprint density at radius 1 is 1.09 bits per heavy atom. The summed E-state index contributed by atoms with van der Waals surface area (Å²) in [4.78, 5) is 21.5. The molecule has 0 saturated carbocycles. The van der Waals surface area contributed by atoms with E-state index in [1.54, 1.807) is 12.1 Å². The van der Waals surface area contributed by atoms with E-state index in [0.29, 0.717) is 39.9 Å². The predicted octanol–water partition coefficient (Wildman–Crippen LogP) is 3.86. The first-order valence-corrected chi connectivity index (χ1v) is 7.89. The van der Waals surface area contributed by atoms with E-state index in [1.165, 1.54) is 0 Å². The number of nitrogens with one attached hydrogen (secondary N) is 1. The first-order valence-electron chi connectivity index (χ1n) is 7.13. The minimum atomic E-state index is -0.117. The molecule has 0 fully saturated rings. The third-order valence-electron chi connectivity index (χ3n) is 3.52. The zero-order valence-corrected chi connectivity index (χ0v) is 14.0. The Bertz CT molecular complexity index is 908. The van der Waals surface area contributed by atoms with Crippen LogP contribution in [0.1, 0.15) is 11.4 Å². The molecule has 3 rings (SSSR count). The second-order valence-corrected chi connectivity index (χ2v) is 6.26. The molecule has 1 N–H and O–H groups in total. The van der Waals surface area contributed by atoms with Gasteiger partial charge in [0.25, 0.3) is 5.56 Å². The number of hydrogen-bond donors (Lipinski definition) is 1. The molecule has 1 heterocycles. The van der Waals surface area contributed by atoms with Gasteiger partial charge in [-0.2, -0.15) is 0 Å². The van der Waals surface area contributed by atoms with Crippen molar-refractivity contribution in [2.75, 3.05) is 7.05 Å². The summed E-state index contributed by atoms with van der Waals surface area (Å²) in [6.07, 6.45) is 0. The highest BCUT2D eigenvalue weighted by molar-refractivity contribution is 6.42. The molecule has 4 nitrogen and oxygen atoms in total. The van der Waals surface area contributed by atoms with Gasteiger partial charge in [-0.1, -0.05) is 41.4 Å². The number of rotatable bonds is 4. The summed E-state index contributed by atoms with van der Waals surface area (Å²) in [5.41, 5.74) is 1.63. The summed E-state index contributed by atoms with van der Waals surface area (Å²) in [5.74, 6) is 0.635. The number of benzene rings is 2. The van der Waals surface area contributed by atoms with Crippen LogP contribution in [0.4, 0.5) is 0 Å². The highest BCUT2D eigenvalue weighted by atomic mass is 35.5. The fraction of sp³-hybridized carbons (Fsp3) is 0.176. The third-order valence-corrected chi connectivity index (χ3v) is 4.26. The summed E-state index contributed by atoms with van der Waals surface area (Å²) in [7, 11) is 1.96. The number of hydrogen-bond acceptors (Lipinski definition) is 3. The Balaban J connectivity index is 1.78. The monoisotopic (exact) mass is 347 g/mol. The summed E-state index contributed by atoms with van der Waals surface area (Å²) < 4.78 is 0. The van der Waals surface area contributed by atoms with E-state index in [0.717, 1.165) is 5.56 Å². The fourth-order valence-corrected chi connectivity index (χ4v) is 2.79. The van der Waals surface area contributed by atoms with Gasteiger partial charge in [0.2, 0.25) is 0 Å². The SMILES string of the molecule is CN(Cc1ccc(Cl)c(Cl)c1)Cc1nc2ccccc2c(=O)[nH]1. The van der Waals surface area contributed by atoms with Crippen LogP contribution in [0.25, 0.3) is 10.9 Å². The number of aromatic amines is 1.